The minimum Gasteiger partial charge on any atom is -0.396 e. The van der Waals surface area contributed by atoms with Gasteiger partial charge in [-0.05, 0) is 17.7 Å². The fourth-order valence-corrected chi connectivity index (χ4v) is 2.78. The standard InChI is InChI=1S/C14H16N6/c1-14(2)6-16-9-4-11-10(3-7(9)14)18-13(19-11)12-8(15)5-17-20-12/h3-5,16H,6,15H2,1-2H3,(H,17,20)(H,18,19). The number of nitrogens with zero attached hydrogens (tertiary/aromatic N) is 2. The van der Waals surface area contributed by atoms with Crippen molar-refractivity contribution in [3.05, 3.63) is 23.9 Å². The van der Waals surface area contributed by atoms with Gasteiger partial charge in [0, 0.05) is 17.6 Å². The molecular formula is C14H16N6. The number of rotatable bonds is 1. The van der Waals surface area contributed by atoms with Crippen LogP contribution in [0, 0.1) is 0 Å². The van der Waals surface area contributed by atoms with Gasteiger partial charge in [0.15, 0.2) is 5.82 Å². The van der Waals surface area contributed by atoms with Gasteiger partial charge >= 0.3 is 0 Å². The van der Waals surface area contributed by atoms with Crippen LogP contribution in [0.1, 0.15) is 19.4 Å². The van der Waals surface area contributed by atoms with Crippen molar-refractivity contribution < 1.29 is 0 Å². The number of nitrogens with one attached hydrogen (secondary N) is 3. The van der Waals surface area contributed by atoms with Crippen LogP contribution in [-0.4, -0.2) is 26.7 Å². The Morgan fingerprint density at radius 1 is 1.30 bits per heavy atom. The Hall–Kier alpha value is -2.50. The maximum absolute atomic E-state index is 5.87. The van der Waals surface area contributed by atoms with Gasteiger partial charge in [-0.2, -0.15) is 5.10 Å². The van der Waals surface area contributed by atoms with Crippen molar-refractivity contribution in [3.8, 4) is 11.5 Å². The summed E-state index contributed by atoms with van der Waals surface area (Å²) in [5.41, 5.74) is 11.8. The van der Waals surface area contributed by atoms with Gasteiger partial charge in [-0.3, -0.25) is 5.10 Å². The molecule has 1 aliphatic heterocycles. The summed E-state index contributed by atoms with van der Waals surface area (Å²) < 4.78 is 0. The fourth-order valence-electron chi connectivity index (χ4n) is 2.78. The predicted octanol–water partition coefficient (Wildman–Crippen LogP) is 2.24. The maximum Gasteiger partial charge on any atom is 0.158 e. The van der Waals surface area contributed by atoms with Gasteiger partial charge in [-0.1, -0.05) is 13.8 Å². The molecule has 1 aromatic carbocycles. The van der Waals surface area contributed by atoms with Crippen molar-refractivity contribution >= 4 is 22.4 Å². The summed E-state index contributed by atoms with van der Waals surface area (Å²) in [7, 11) is 0. The SMILES string of the molecule is CC1(C)CNc2cc3nc(-c4[nH]ncc4N)[nH]c3cc21. The monoisotopic (exact) mass is 268 g/mol. The molecule has 1 aliphatic rings. The minimum absolute atomic E-state index is 0.141. The molecular weight excluding hydrogens is 252 g/mol. The predicted molar refractivity (Wildman–Crippen MR) is 79.6 cm³/mol. The lowest BCUT2D eigenvalue weighted by molar-refractivity contribution is 0.586. The molecule has 0 amide bonds. The molecule has 0 radical (unpaired) electrons. The number of imidazole rings is 1. The molecule has 0 fully saturated rings. The van der Waals surface area contributed by atoms with Crippen molar-refractivity contribution in [2.75, 3.05) is 17.6 Å². The summed E-state index contributed by atoms with van der Waals surface area (Å²) in [4.78, 5) is 7.91. The van der Waals surface area contributed by atoms with Crippen LogP contribution in [0.2, 0.25) is 0 Å². The molecule has 0 bridgehead atoms. The van der Waals surface area contributed by atoms with Crippen molar-refractivity contribution in [2.24, 2.45) is 0 Å². The molecule has 3 heterocycles. The molecule has 0 saturated heterocycles. The van der Waals surface area contributed by atoms with Crippen molar-refractivity contribution in [2.45, 2.75) is 19.3 Å². The van der Waals surface area contributed by atoms with E-state index in [4.69, 9.17) is 5.73 Å². The van der Waals surface area contributed by atoms with E-state index in [1.54, 1.807) is 6.20 Å². The molecule has 6 nitrogen and oxygen atoms in total. The van der Waals surface area contributed by atoms with Gasteiger partial charge in [-0.15, -0.1) is 0 Å². The number of fused-ring (bicyclic) bond motifs is 2. The molecule has 2 aromatic heterocycles. The number of nitrogens with two attached hydrogens (primary N) is 1. The Bertz CT molecular complexity index is 810. The summed E-state index contributed by atoms with van der Waals surface area (Å²) in [6.07, 6.45) is 1.59. The molecule has 0 saturated carbocycles. The lowest BCUT2D eigenvalue weighted by atomic mass is 9.87. The Kier molecular flexibility index (Phi) is 2.00. The van der Waals surface area contributed by atoms with E-state index in [0.29, 0.717) is 5.69 Å². The van der Waals surface area contributed by atoms with Crippen molar-refractivity contribution in [3.63, 3.8) is 0 Å². The van der Waals surface area contributed by atoms with Gasteiger partial charge in [-0.25, -0.2) is 4.98 Å². The second-order valence-electron chi connectivity index (χ2n) is 5.94. The van der Waals surface area contributed by atoms with E-state index < -0.39 is 0 Å². The van der Waals surface area contributed by atoms with E-state index in [2.05, 4.69) is 51.5 Å². The molecule has 0 aliphatic carbocycles. The van der Waals surface area contributed by atoms with Gasteiger partial charge in [0.25, 0.3) is 0 Å². The summed E-state index contributed by atoms with van der Waals surface area (Å²) in [6.45, 7) is 5.43. The maximum atomic E-state index is 5.87. The third-order valence-electron chi connectivity index (χ3n) is 3.98. The summed E-state index contributed by atoms with van der Waals surface area (Å²) >= 11 is 0. The molecule has 0 spiro atoms. The first-order valence-electron chi connectivity index (χ1n) is 6.62. The van der Waals surface area contributed by atoms with Crippen LogP contribution in [0.25, 0.3) is 22.6 Å². The van der Waals surface area contributed by atoms with Crippen LogP contribution in [-0.2, 0) is 5.41 Å². The number of anilines is 2. The highest BCUT2D eigenvalue weighted by atomic mass is 15.1. The zero-order valence-corrected chi connectivity index (χ0v) is 11.4. The van der Waals surface area contributed by atoms with Gasteiger partial charge < -0.3 is 16.0 Å². The van der Waals surface area contributed by atoms with Gasteiger partial charge in [0.1, 0.15) is 5.69 Å². The number of hydrogen-bond donors (Lipinski definition) is 4. The smallest absolute Gasteiger partial charge is 0.158 e. The van der Waals surface area contributed by atoms with Crippen LogP contribution in [0.5, 0.6) is 0 Å². The number of hydrogen-bond acceptors (Lipinski definition) is 4. The van der Waals surface area contributed by atoms with E-state index in [9.17, 15) is 0 Å². The summed E-state index contributed by atoms with van der Waals surface area (Å²) in [5.74, 6) is 0.719. The summed E-state index contributed by atoms with van der Waals surface area (Å²) in [5, 5.41) is 10.2. The van der Waals surface area contributed by atoms with Gasteiger partial charge in [0.05, 0.1) is 22.9 Å². The minimum atomic E-state index is 0.141. The first-order valence-corrected chi connectivity index (χ1v) is 6.62. The topological polar surface area (TPSA) is 95.4 Å². The number of H-pyrrole nitrogens is 2. The lowest BCUT2D eigenvalue weighted by Crippen LogP contribution is -2.18. The molecule has 0 atom stereocenters. The Morgan fingerprint density at radius 2 is 2.15 bits per heavy atom. The molecule has 5 N–H and O–H groups in total. The Labute approximate surface area is 115 Å². The van der Waals surface area contributed by atoms with Crippen LogP contribution in [0.15, 0.2) is 18.3 Å². The number of aromatic nitrogens is 4. The average molecular weight is 268 g/mol. The van der Waals surface area contributed by atoms with E-state index in [0.717, 1.165) is 34.8 Å². The van der Waals surface area contributed by atoms with Gasteiger partial charge in [0.2, 0.25) is 0 Å². The zero-order chi connectivity index (χ0) is 13.9. The highest BCUT2D eigenvalue weighted by molar-refractivity contribution is 5.86. The van der Waals surface area contributed by atoms with Crippen LogP contribution < -0.4 is 11.1 Å². The lowest BCUT2D eigenvalue weighted by Gasteiger charge is -2.16. The first kappa shape index (κ1) is 11.3. The number of benzene rings is 1. The molecule has 6 heteroatoms. The van der Waals surface area contributed by atoms with Crippen LogP contribution in [0.3, 0.4) is 0 Å². The quantitative estimate of drug-likeness (QED) is 0.544. The normalized spacial score (nSPS) is 16.3. The van der Waals surface area contributed by atoms with E-state index in [1.807, 2.05) is 0 Å². The first-order chi connectivity index (χ1) is 9.54. The molecule has 102 valence electrons. The Morgan fingerprint density at radius 3 is 2.90 bits per heavy atom. The fraction of sp³-hybridized carbons (Fsp3) is 0.286. The highest BCUT2D eigenvalue weighted by Crippen LogP contribution is 2.38. The highest BCUT2D eigenvalue weighted by Gasteiger charge is 2.30. The third-order valence-corrected chi connectivity index (χ3v) is 3.98. The van der Waals surface area contributed by atoms with E-state index in [1.165, 1.54) is 5.56 Å². The van der Waals surface area contributed by atoms with E-state index in [-0.39, 0.29) is 5.41 Å². The van der Waals surface area contributed by atoms with E-state index >= 15 is 0 Å². The van der Waals surface area contributed by atoms with Crippen molar-refractivity contribution in [1.82, 2.24) is 20.2 Å². The Balaban J connectivity index is 1.92. The average Bonchev–Trinajstić information content (AvgIpc) is 3.05. The third kappa shape index (κ3) is 1.44. The molecule has 0 unspecified atom stereocenters. The largest absolute Gasteiger partial charge is 0.396 e. The molecule has 4 rings (SSSR count). The van der Waals surface area contributed by atoms with Crippen LogP contribution >= 0.6 is 0 Å². The number of aromatic amines is 2. The van der Waals surface area contributed by atoms with Crippen molar-refractivity contribution in [1.29, 1.82) is 0 Å². The second kappa shape index (κ2) is 3.53. The second-order valence-corrected chi connectivity index (χ2v) is 5.94. The van der Waals surface area contributed by atoms with Crippen LogP contribution in [0.4, 0.5) is 11.4 Å². The summed E-state index contributed by atoms with van der Waals surface area (Å²) in [6, 6.07) is 4.26. The number of nitrogen functional groups attached to an aromatic ring is 1. The zero-order valence-electron chi connectivity index (χ0n) is 11.4. The molecule has 3 aromatic rings. The molecule has 20 heavy (non-hydrogen) atoms.